The standard InChI is InChI=1S/C11H23N3O2/c1-2-16-8-7-14(9-11(12)13-15)10-5-3-4-6-10/h10,15H,2-9H2,1H3,(H2,12,13). The summed E-state index contributed by atoms with van der Waals surface area (Å²) in [6.07, 6.45) is 4.99. The normalized spacial score (nSPS) is 18.5. The molecule has 94 valence electrons. The SMILES string of the molecule is CCOCCN(CC(N)=NO)C1CCCC1. The molecule has 0 aliphatic heterocycles. The second-order valence-corrected chi connectivity index (χ2v) is 4.20. The van der Waals surface area contributed by atoms with Crippen molar-refractivity contribution < 1.29 is 9.94 Å². The van der Waals surface area contributed by atoms with Crippen molar-refractivity contribution in [3.63, 3.8) is 0 Å². The maximum absolute atomic E-state index is 8.60. The molecule has 5 heteroatoms. The molecule has 1 aliphatic carbocycles. The van der Waals surface area contributed by atoms with Crippen LogP contribution in [0.2, 0.25) is 0 Å². The molecular weight excluding hydrogens is 206 g/mol. The Morgan fingerprint density at radius 2 is 2.19 bits per heavy atom. The van der Waals surface area contributed by atoms with Crippen molar-refractivity contribution in [2.75, 3.05) is 26.3 Å². The summed E-state index contributed by atoms with van der Waals surface area (Å²) in [4.78, 5) is 2.26. The number of oxime groups is 1. The Morgan fingerprint density at radius 3 is 2.75 bits per heavy atom. The molecule has 0 saturated heterocycles. The van der Waals surface area contributed by atoms with Gasteiger partial charge in [-0.2, -0.15) is 0 Å². The Hall–Kier alpha value is -0.810. The Bertz CT molecular complexity index is 215. The summed E-state index contributed by atoms with van der Waals surface area (Å²) >= 11 is 0. The smallest absolute Gasteiger partial charge is 0.153 e. The van der Waals surface area contributed by atoms with Gasteiger partial charge in [-0.05, 0) is 19.8 Å². The summed E-state index contributed by atoms with van der Waals surface area (Å²) in [5.74, 6) is 0.281. The fourth-order valence-electron chi connectivity index (χ4n) is 2.23. The van der Waals surface area contributed by atoms with Crippen LogP contribution in [0.25, 0.3) is 0 Å². The lowest BCUT2D eigenvalue weighted by atomic mass is 10.2. The molecule has 1 aliphatic rings. The van der Waals surface area contributed by atoms with E-state index in [4.69, 9.17) is 15.7 Å². The summed E-state index contributed by atoms with van der Waals surface area (Å²) in [5, 5.41) is 11.6. The van der Waals surface area contributed by atoms with Crippen molar-refractivity contribution in [1.82, 2.24) is 4.90 Å². The Morgan fingerprint density at radius 1 is 1.50 bits per heavy atom. The van der Waals surface area contributed by atoms with Crippen molar-refractivity contribution in [3.05, 3.63) is 0 Å². The van der Waals surface area contributed by atoms with E-state index < -0.39 is 0 Å². The molecule has 0 aromatic carbocycles. The van der Waals surface area contributed by atoms with Crippen LogP contribution in [0.5, 0.6) is 0 Å². The molecule has 1 fully saturated rings. The molecular formula is C11H23N3O2. The van der Waals surface area contributed by atoms with E-state index in [1.54, 1.807) is 0 Å². The first-order valence-electron chi connectivity index (χ1n) is 6.06. The van der Waals surface area contributed by atoms with Crippen molar-refractivity contribution in [2.24, 2.45) is 10.9 Å². The fraction of sp³-hybridized carbons (Fsp3) is 0.909. The van der Waals surface area contributed by atoms with Crippen molar-refractivity contribution in [3.8, 4) is 0 Å². The fourth-order valence-corrected chi connectivity index (χ4v) is 2.23. The molecule has 1 rings (SSSR count). The van der Waals surface area contributed by atoms with E-state index in [0.717, 1.165) is 13.2 Å². The van der Waals surface area contributed by atoms with Gasteiger partial charge in [-0.15, -0.1) is 0 Å². The third-order valence-corrected chi connectivity index (χ3v) is 3.06. The lowest BCUT2D eigenvalue weighted by molar-refractivity contribution is 0.102. The van der Waals surface area contributed by atoms with Gasteiger partial charge in [0.05, 0.1) is 13.2 Å². The predicted octanol–water partition coefficient (Wildman–Crippen LogP) is 1.01. The number of nitrogens with zero attached hydrogens (tertiary/aromatic N) is 2. The number of nitrogens with two attached hydrogens (primary N) is 1. The monoisotopic (exact) mass is 229 g/mol. The molecule has 0 heterocycles. The summed E-state index contributed by atoms with van der Waals surface area (Å²) in [6, 6.07) is 0.570. The molecule has 16 heavy (non-hydrogen) atoms. The maximum atomic E-state index is 8.60. The molecule has 1 saturated carbocycles. The summed E-state index contributed by atoms with van der Waals surface area (Å²) in [6.45, 7) is 4.83. The van der Waals surface area contributed by atoms with Crippen LogP contribution in [-0.2, 0) is 4.74 Å². The summed E-state index contributed by atoms with van der Waals surface area (Å²) in [5.41, 5.74) is 5.56. The van der Waals surface area contributed by atoms with Crippen LogP contribution in [0.1, 0.15) is 32.6 Å². The van der Waals surface area contributed by atoms with E-state index in [-0.39, 0.29) is 5.84 Å². The highest BCUT2D eigenvalue weighted by molar-refractivity contribution is 5.81. The van der Waals surface area contributed by atoms with Crippen molar-refractivity contribution in [2.45, 2.75) is 38.6 Å². The van der Waals surface area contributed by atoms with Crippen LogP contribution in [0.4, 0.5) is 0 Å². The van der Waals surface area contributed by atoms with Gasteiger partial charge in [0.2, 0.25) is 0 Å². The Labute approximate surface area is 97.2 Å². The van der Waals surface area contributed by atoms with Gasteiger partial charge < -0.3 is 15.7 Å². The second kappa shape index (κ2) is 7.46. The van der Waals surface area contributed by atoms with Crippen LogP contribution in [0, 0.1) is 0 Å². The number of rotatable bonds is 7. The minimum Gasteiger partial charge on any atom is -0.409 e. The largest absolute Gasteiger partial charge is 0.409 e. The number of hydrogen-bond acceptors (Lipinski definition) is 4. The van der Waals surface area contributed by atoms with E-state index in [0.29, 0.717) is 19.2 Å². The van der Waals surface area contributed by atoms with E-state index in [1.807, 2.05) is 6.92 Å². The zero-order chi connectivity index (χ0) is 11.8. The highest BCUT2D eigenvalue weighted by Crippen LogP contribution is 2.22. The van der Waals surface area contributed by atoms with E-state index in [2.05, 4.69) is 10.1 Å². The lowest BCUT2D eigenvalue weighted by Gasteiger charge is -2.27. The molecule has 3 N–H and O–H groups in total. The molecule has 0 aromatic rings. The zero-order valence-corrected chi connectivity index (χ0v) is 10.1. The van der Waals surface area contributed by atoms with Crippen molar-refractivity contribution >= 4 is 5.84 Å². The van der Waals surface area contributed by atoms with Crippen molar-refractivity contribution in [1.29, 1.82) is 0 Å². The molecule has 0 atom stereocenters. The van der Waals surface area contributed by atoms with Gasteiger partial charge in [0.15, 0.2) is 5.84 Å². The quantitative estimate of drug-likeness (QED) is 0.225. The Balaban J connectivity index is 2.40. The van der Waals surface area contributed by atoms with Gasteiger partial charge in [-0.1, -0.05) is 18.0 Å². The highest BCUT2D eigenvalue weighted by Gasteiger charge is 2.22. The minimum absolute atomic E-state index is 0.281. The number of amidine groups is 1. The van der Waals surface area contributed by atoms with Gasteiger partial charge in [-0.25, -0.2) is 0 Å². The van der Waals surface area contributed by atoms with Crippen LogP contribution >= 0.6 is 0 Å². The average molecular weight is 229 g/mol. The van der Waals surface area contributed by atoms with Crippen LogP contribution < -0.4 is 5.73 Å². The first-order valence-corrected chi connectivity index (χ1v) is 6.06. The van der Waals surface area contributed by atoms with E-state index in [9.17, 15) is 0 Å². The molecule has 0 bridgehead atoms. The van der Waals surface area contributed by atoms with Gasteiger partial charge in [0.25, 0.3) is 0 Å². The van der Waals surface area contributed by atoms with Crippen LogP contribution in [-0.4, -0.2) is 48.3 Å². The summed E-state index contributed by atoms with van der Waals surface area (Å²) in [7, 11) is 0. The van der Waals surface area contributed by atoms with Gasteiger partial charge >= 0.3 is 0 Å². The number of hydrogen-bond donors (Lipinski definition) is 2. The molecule has 0 aromatic heterocycles. The third kappa shape index (κ3) is 4.37. The molecule has 5 nitrogen and oxygen atoms in total. The zero-order valence-electron chi connectivity index (χ0n) is 10.1. The molecule has 0 spiro atoms. The van der Waals surface area contributed by atoms with Crippen LogP contribution in [0.3, 0.4) is 0 Å². The maximum Gasteiger partial charge on any atom is 0.153 e. The third-order valence-electron chi connectivity index (χ3n) is 3.06. The molecule has 0 amide bonds. The predicted molar refractivity (Wildman–Crippen MR) is 63.7 cm³/mol. The van der Waals surface area contributed by atoms with Gasteiger partial charge in [-0.3, -0.25) is 4.90 Å². The minimum atomic E-state index is 0.281. The molecule has 0 radical (unpaired) electrons. The summed E-state index contributed by atoms with van der Waals surface area (Å²) < 4.78 is 5.35. The first kappa shape index (κ1) is 13.3. The molecule has 0 unspecified atom stereocenters. The Kier molecular flexibility index (Phi) is 6.18. The van der Waals surface area contributed by atoms with E-state index >= 15 is 0 Å². The highest BCUT2D eigenvalue weighted by atomic mass is 16.5. The second-order valence-electron chi connectivity index (χ2n) is 4.20. The lowest BCUT2D eigenvalue weighted by Crippen LogP contribution is -2.42. The average Bonchev–Trinajstić information content (AvgIpc) is 2.81. The van der Waals surface area contributed by atoms with Gasteiger partial charge in [0.1, 0.15) is 0 Å². The first-order chi connectivity index (χ1) is 7.77. The van der Waals surface area contributed by atoms with Gasteiger partial charge in [0, 0.05) is 19.2 Å². The number of ether oxygens (including phenoxy) is 1. The van der Waals surface area contributed by atoms with Crippen LogP contribution in [0.15, 0.2) is 5.16 Å². The topological polar surface area (TPSA) is 71.1 Å². The van der Waals surface area contributed by atoms with E-state index in [1.165, 1.54) is 25.7 Å².